The number of phenols is 2. The molecule has 0 radical (unpaired) electrons. The molecule has 2 fully saturated rings. The van der Waals surface area contributed by atoms with Gasteiger partial charge in [-0.1, -0.05) is 53.5 Å². The number of carboxylic acid groups (broad SMARTS) is 1. The van der Waals surface area contributed by atoms with Crippen LogP contribution in [0.15, 0.2) is 36.4 Å². The van der Waals surface area contributed by atoms with Crippen molar-refractivity contribution in [3.05, 3.63) is 57.6 Å². The molecule has 6 N–H and O–H groups in total. The Bertz CT molecular complexity index is 1480. The Labute approximate surface area is 259 Å². The quantitative estimate of drug-likeness (QED) is 0.172. The molecule has 2 aliphatic rings. The number of carbonyl (C=O) groups is 5. The molecule has 0 saturated carbocycles. The highest BCUT2D eigenvalue weighted by molar-refractivity contribution is 8.01. The molecule has 4 rings (SSSR count). The monoisotopic (exact) mass is 654 g/mol. The number of carboxylic acids is 1. The van der Waals surface area contributed by atoms with E-state index in [0.29, 0.717) is 10.5 Å². The molecule has 2 heterocycles. The van der Waals surface area contributed by atoms with E-state index in [9.17, 15) is 44.4 Å². The second kappa shape index (κ2) is 12.5. The van der Waals surface area contributed by atoms with Gasteiger partial charge in [-0.15, -0.1) is 11.8 Å². The topological polar surface area (TPSA) is 197 Å². The van der Waals surface area contributed by atoms with Gasteiger partial charge in [-0.25, -0.2) is 9.59 Å². The molecule has 2 aliphatic heterocycles. The summed E-state index contributed by atoms with van der Waals surface area (Å²) < 4.78 is -0.820. The van der Waals surface area contributed by atoms with E-state index in [1.165, 1.54) is 16.7 Å². The molecule has 13 nitrogen and oxygen atoms in total. The summed E-state index contributed by atoms with van der Waals surface area (Å²) in [6.07, 6.45) is -0.0530. The van der Waals surface area contributed by atoms with Crippen LogP contribution in [-0.4, -0.2) is 95.3 Å². The van der Waals surface area contributed by atoms with Crippen LogP contribution in [0, 0.1) is 0 Å². The molecule has 2 aromatic rings. The van der Waals surface area contributed by atoms with Gasteiger partial charge in [0, 0.05) is 17.9 Å². The summed E-state index contributed by atoms with van der Waals surface area (Å²) in [5.41, 5.74) is -0.123. The van der Waals surface area contributed by atoms with E-state index in [0.717, 1.165) is 6.07 Å². The molecule has 5 amide bonds. The lowest BCUT2D eigenvalue weighted by Gasteiger charge is -2.44. The van der Waals surface area contributed by atoms with E-state index >= 15 is 0 Å². The Balaban J connectivity index is 1.60. The number of aliphatic carboxylic acids is 1. The normalized spacial score (nSPS) is 20.9. The predicted octanol–water partition coefficient (Wildman–Crippen LogP) is 2.31. The molecule has 0 spiro atoms. The summed E-state index contributed by atoms with van der Waals surface area (Å²) in [6, 6.07) is 4.31. The number of aromatic hydroxyl groups is 2. The van der Waals surface area contributed by atoms with Crippen LogP contribution in [-0.2, 0) is 14.4 Å². The Morgan fingerprint density at radius 1 is 1.12 bits per heavy atom. The van der Waals surface area contributed by atoms with Crippen LogP contribution in [0.2, 0.25) is 10.0 Å². The minimum absolute atomic E-state index is 0.0530. The molecular formula is C27H28Cl2N4O9S. The van der Waals surface area contributed by atoms with E-state index in [1.54, 1.807) is 44.2 Å². The molecule has 1 unspecified atom stereocenters. The number of β-lactam (4-membered cyclic amide) rings is 1. The highest BCUT2D eigenvalue weighted by atomic mass is 35.5. The maximum atomic E-state index is 13.6. The number of carbonyl (C=O) groups excluding carboxylic acids is 4. The second-order valence-electron chi connectivity index (χ2n) is 10.3. The standard InChI is InChI=1S/C27H28Cl2N4O9S/c1-27(2)20(25(40)41)33-23(39)17(24(33)43-27)30-21(37)16(12-7-4-3-5-8-12)31-26(42)32(9-6-10-34)22(38)13-11-14(28)18(35)19(36)15(13)29/h3-5,7-8,11,16-17,20,24,34-36H,6,9-10H2,1-2H3,(H,30,37)(H,31,42)(H,40,41)/t16?,17-,20+,24-/m1/s1. The van der Waals surface area contributed by atoms with E-state index in [-0.39, 0.29) is 13.0 Å². The van der Waals surface area contributed by atoms with Gasteiger partial charge in [-0.3, -0.25) is 19.3 Å². The first kappa shape index (κ1) is 32.2. The lowest BCUT2D eigenvalue weighted by atomic mass is 9.95. The van der Waals surface area contributed by atoms with Crippen LogP contribution in [0.3, 0.4) is 0 Å². The number of phenolic OH excluding ortho intramolecular Hbond substituents is 2. The van der Waals surface area contributed by atoms with Crippen molar-refractivity contribution in [1.82, 2.24) is 20.4 Å². The molecule has 2 aromatic carbocycles. The third-order valence-corrected chi connectivity index (χ3v) is 9.30. The summed E-state index contributed by atoms with van der Waals surface area (Å²) >= 11 is 13.2. The van der Waals surface area contributed by atoms with Gasteiger partial charge < -0.3 is 36.0 Å². The van der Waals surface area contributed by atoms with E-state index in [1.807, 2.05) is 0 Å². The van der Waals surface area contributed by atoms with Gasteiger partial charge in [0.05, 0.1) is 15.6 Å². The zero-order valence-corrected chi connectivity index (χ0v) is 25.1. The number of halogens is 2. The minimum Gasteiger partial charge on any atom is -0.503 e. The molecule has 230 valence electrons. The van der Waals surface area contributed by atoms with Crippen LogP contribution in [0.1, 0.15) is 42.2 Å². The number of aliphatic hydroxyl groups excluding tert-OH is 1. The number of amides is 5. The molecule has 43 heavy (non-hydrogen) atoms. The number of imide groups is 1. The smallest absolute Gasteiger partial charge is 0.327 e. The highest BCUT2D eigenvalue weighted by Gasteiger charge is 2.64. The van der Waals surface area contributed by atoms with Crippen molar-refractivity contribution in [3.63, 3.8) is 0 Å². The van der Waals surface area contributed by atoms with Crippen LogP contribution in [0.25, 0.3) is 0 Å². The number of urea groups is 1. The van der Waals surface area contributed by atoms with Crippen molar-refractivity contribution >= 4 is 64.7 Å². The fourth-order valence-electron chi connectivity index (χ4n) is 4.96. The number of benzene rings is 2. The predicted molar refractivity (Wildman–Crippen MR) is 156 cm³/mol. The average Bonchev–Trinajstić information content (AvgIpc) is 3.23. The third kappa shape index (κ3) is 6.05. The van der Waals surface area contributed by atoms with Gasteiger partial charge >= 0.3 is 12.0 Å². The van der Waals surface area contributed by atoms with Crippen molar-refractivity contribution in [2.75, 3.05) is 13.2 Å². The van der Waals surface area contributed by atoms with Gasteiger partial charge in [0.1, 0.15) is 23.5 Å². The summed E-state index contributed by atoms with van der Waals surface area (Å²) in [5.74, 6) is -5.23. The fraction of sp³-hybridized carbons (Fsp3) is 0.370. The van der Waals surface area contributed by atoms with Crippen LogP contribution in [0.5, 0.6) is 11.5 Å². The van der Waals surface area contributed by atoms with Crippen molar-refractivity contribution < 1.29 is 44.4 Å². The molecule has 16 heteroatoms. The minimum atomic E-state index is -1.41. The number of rotatable bonds is 9. The van der Waals surface area contributed by atoms with Gasteiger partial charge in [-0.2, -0.15) is 0 Å². The number of nitrogens with one attached hydrogen (secondary N) is 2. The lowest BCUT2D eigenvalue weighted by molar-refractivity contribution is -0.161. The highest BCUT2D eigenvalue weighted by Crippen LogP contribution is 2.51. The molecular weight excluding hydrogens is 627 g/mol. The number of thioether (sulfide) groups is 1. The number of nitrogens with zero attached hydrogens (tertiary/aromatic N) is 2. The zero-order chi connectivity index (χ0) is 31.8. The largest absolute Gasteiger partial charge is 0.503 e. The Kier molecular flexibility index (Phi) is 9.35. The number of hydrogen-bond donors (Lipinski definition) is 6. The third-order valence-electron chi connectivity index (χ3n) is 7.06. The van der Waals surface area contributed by atoms with Crippen LogP contribution < -0.4 is 10.6 Å². The maximum Gasteiger partial charge on any atom is 0.327 e. The first-order valence-corrected chi connectivity index (χ1v) is 14.6. The molecule has 4 atom stereocenters. The summed E-state index contributed by atoms with van der Waals surface area (Å²) in [6.45, 7) is 2.65. The van der Waals surface area contributed by atoms with Crippen molar-refractivity contribution in [2.24, 2.45) is 0 Å². The summed E-state index contributed by atoms with van der Waals surface area (Å²) in [4.78, 5) is 67.2. The SMILES string of the molecule is CC1(C)S[C@@H]2[C@H](NC(=O)C(NC(=O)N(CCCO)C(=O)c3cc(Cl)c(O)c(O)c3Cl)c3ccccc3)C(=O)N2[C@H]1C(=O)O. The lowest BCUT2D eigenvalue weighted by Crippen LogP contribution is -2.71. The van der Waals surface area contributed by atoms with Crippen molar-refractivity contribution in [2.45, 2.75) is 48.5 Å². The number of hydrogen-bond acceptors (Lipinski definition) is 9. The average molecular weight is 656 g/mol. The summed E-state index contributed by atoms with van der Waals surface area (Å²) in [5, 5.41) is 42.4. The Morgan fingerprint density at radius 3 is 2.37 bits per heavy atom. The van der Waals surface area contributed by atoms with E-state index in [2.05, 4.69) is 10.6 Å². The summed E-state index contributed by atoms with van der Waals surface area (Å²) in [7, 11) is 0. The van der Waals surface area contributed by atoms with Gasteiger partial charge in [0.2, 0.25) is 11.8 Å². The fourth-order valence-corrected chi connectivity index (χ4v) is 7.01. The van der Waals surface area contributed by atoms with Gasteiger partial charge in [0.15, 0.2) is 11.5 Å². The molecule has 0 aromatic heterocycles. The van der Waals surface area contributed by atoms with Crippen LogP contribution >= 0.6 is 35.0 Å². The van der Waals surface area contributed by atoms with Gasteiger partial charge in [0.25, 0.3) is 5.91 Å². The molecule has 2 saturated heterocycles. The number of aliphatic hydroxyl groups is 1. The second-order valence-corrected chi connectivity index (χ2v) is 12.9. The van der Waals surface area contributed by atoms with Crippen molar-refractivity contribution in [1.29, 1.82) is 0 Å². The van der Waals surface area contributed by atoms with E-state index < -0.39 is 91.7 Å². The van der Waals surface area contributed by atoms with Gasteiger partial charge in [-0.05, 0) is 31.9 Å². The zero-order valence-electron chi connectivity index (χ0n) is 22.8. The Morgan fingerprint density at radius 2 is 1.77 bits per heavy atom. The van der Waals surface area contributed by atoms with Crippen molar-refractivity contribution in [3.8, 4) is 11.5 Å². The first-order valence-electron chi connectivity index (χ1n) is 12.9. The number of fused-ring (bicyclic) bond motifs is 1. The molecule has 0 bridgehead atoms. The maximum absolute atomic E-state index is 13.6. The van der Waals surface area contributed by atoms with Crippen LogP contribution in [0.4, 0.5) is 4.79 Å². The Hall–Kier alpha value is -3.72. The van der Waals surface area contributed by atoms with E-state index in [4.69, 9.17) is 23.2 Å². The molecule has 0 aliphatic carbocycles. The first-order chi connectivity index (χ1) is 20.2.